The third kappa shape index (κ3) is 7.71. The third-order valence-corrected chi connectivity index (χ3v) is 7.31. The van der Waals surface area contributed by atoms with Crippen molar-refractivity contribution in [1.29, 1.82) is 0 Å². The zero-order valence-electron chi connectivity index (χ0n) is 22.4. The fourth-order valence-corrected chi connectivity index (χ4v) is 4.81. The second kappa shape index (κ2) is 12.8. The van der Waals surface area contributed by atoms with Gasteiger partial charge in [0.15, 0.2) is 0 Å². The number of nitrogens with one attached hydrogen (secondary N) is 1. The standard InChI is InChI=1S/C27H39N3O5S/c1-8-21(5)28-27(32)24(9-2)29(17-22-11-10-12-23(16-22)35-6)26(31)18-30(36(7,33)34)25-15-19(3)13-14-20(25)4/h10-16,21,24H,8-9,17-18H2,1-7H3,(H,28,32). The highest BCUT2D eigenvalue weighted by atomic mass is 32.2. The molecule has 1 N–H and O–H groups in total. The van der Waals surface area contributed by atoms with Gasteiger partial charge in [0.05, 0.1) is 19.1 Å². The minimum Gasteiger partial charge on any atom is -0.497 e. The van der Waals surface area contributed by atoms with Crippen LogP contribution in [0.5, 0.6) is 5.75 Å². The lowest BCUT2D eigenvalue weighted by Gasteiger charge is -2.33. The SMILES string of the molecule is CCC(C)NC(=O)C(CC)N(Cc1cccc(OC)c1)C(=O)CN(c1cc(C)ccc1C)S(C)(=O)=O. The molecule has 9 heteroatoms. The van der Waals surface area contributed by atoms with E-state index in [1.54, 1.807) is 32.2 Å². The maximum absolute atomic E-state index is 13.8. The van der Waals surface area contributed by atoms with E-state index in [0.29, 0.717) is 17.9 Å². The first-order chi connectivity index (χ1) is 16.9. The summed E-state index contributed by atoms with van der Waals surface area (Å²) in [5.41, 5.74) is 2.84. The molecule has 2 rings (SSSR count). The van der Waals surface area contributed by atoms with Gasteiger partial charge in [-0.15, -0.1) is 0 Å². The summed E-state index contributed by atoms with van der Waals surface area (Å²) in [5.74, 6) is -0.0961. The molecule has 2 atom stereocenters. The number of carbonyl (C=O) groups is 2. The van der Waals surface area contributed by atoms with Gasteiger partial charge in [0.1, 0.15) is 18.3 Å². The molecule has 0 heterocycles. The van der Waals surface area contributed by atoms with Crippen LogP contribution in [-0.4, -0.2) is 57.1 Å². The molecular weight excluding hydrogens is 478 g/mol. The molecule has 2 aromatic rings. The maximum Gasteiger partial charge on any atom is 0.244 e. The molecule has 0 aliphatic heterocycles. The number of rotatable bonds is 12. The van der Waals surface area contributed by atoms with Gasteiger partial charge in [0.25, 0.3) is 0 Å². The number of hydrogen-bond donors (Lipinski definition) is 1. The molecule has 0 aliphatic carbocycles. The van der Waals surface area contributed by atoms with Crippen molar-refractivity contribution in [2.24, 2.45) is 0 Å². The van der Waals surface area contributed by atoms with Crippen LogP contribution in [0.4, 0.5) is 5.69 Å². The highest BCUT2D eigenvalue weighted by molar-refractivity contribution is 7.92. The minimum atomic E-state index is -3.78. The summed E-state index contributed by atoms with van der Waals surface area (Å²) in [6.07, 6.45) is 2.21. The van der Waals surface area contributed by atoms with E-state index in [-0.39, 0.29) is 18.5 Å². The summed E-state index contributed by atoms with van der Waals surface area (Å²) in [5, 5.41) is 2.97. The van der Waals surface area contributed by atoms with Gasteiger partial charge in [0.2, 0.25) is 21.8 Å². The van der Waals surface area contributed by atoms with Crippen LogP contribution in [-0.2, 0) is 26.2 Å². The fraction of sp³-hybridized carbons (Fsp3) is 0.481. The van der Waals surface area contributed by atoms with Gasteiger partial charge in [-0.1, -0.05) is 38.1 Å². The van der Waals surface area contributed by atoms with E-state index >= 15 is 0 Å². The molecule has 0 fully saturated rings. The van der Waals surface area contributed by atoms with E-state index in [1.807, 2.05) is 52.0 Å². The van der Waals surface area contributed by atoms with Crippen molar-refractivity contribution in [3.05, 3.63) is 59.2 Å². The summed E-state index contributed by atoms with van der Waals surface area (Å²) in [4.78, 5) is 28.5. The van der Waals surface area contributed by atoms with Crippen LogP contribution in [0, 0.1) is 13.8 Å². The zero-order chi connectivity index (χ0) is 27.0. The van der Waals surface area contributed by atoms with Crippen LogP contribution in [0.3, 0.4) is 0 Å². The van der Waals surface area contributed by atoms with Crippen molar-refractivity contribution in [3.63, 3.8) is 0 Å². The molecule has 0 aromatic heterocycles. The van der Waals surface area contributed by atoms with Gasteiger partial charge < -0.3 is 15.0 Å². The third-order valence-electron chi connectivity index (χ3n) is 6.19. The molecule has 2 aromatic carbocycles. The van der Waals surface area contributed by atoms with E-state index in [2.05, 4.69) is 5.32 Å². The van der Waals surface area contributed by atoms with Gasteiger partial charge >= 0.3 is 0 Å². The van der Waals surface area contributed by atoms with Crippen molar-refractivity contribution in [2.75, 3.05) is 24.2 Å². The molecule has 8 nitrogen and oxygen atoms in total. The Balaban J connectivity index is 2.50. The van der Waals surface area contributed by atoms with E-state index in [4.69, 9.17) is 4.74 Å². The molecule has 0 saturated heterocycles. The molecule has 0 aliphatic rings. The molecule has 2 amide bonds. The largest absolute Gasteiger partial charge is 0.497 e. The number of aryl methyl sites for hydroxylation is 2. The van der Waals surface area contributed by atoms with Gasteiger partial charge in [-0.3, -0.25) is 13.9 Å². The number of ether oxygens (including phenoxy) is 1. The summed E-state index contributed by atoms with van der Waals surface area (Å²) in [6, 6.07) is 11.9. The quantitative estimate of drug-likeness (QED) is 0.462. The van der Waals surface area contributed by atoms with Gasteiger partial charge in [0, 0.05) is 12.6 Å². The molecule has 0 bridgehead atoms. The molecular formula is C27H39N3O5S. The Morgan fingerprint density at radius 2 is 1.75 bits per heavy atom. The van der Waals surface area contributed by atoms with E-state index in [1.165, 1.54) is 4.90 Å². The average molecular weight is 518 g/mol. The van der Waals surface area contributed by atoms with Gasteiger partial charge in [-0.2, -0.15) is 0 Å². The number of anilines is 1. The Labute approximate surface area is 215 Å². The maximum atomic E-state index is 13.8. The monoisotopic (exact) mass is 517 g/mol. The Hall–Kier alpha value is -3.07. The van der Waals surface area contributed by atoms with E-state index in [9.17, 15) is 18.0 Å². The summed E-state index contributed by atoms with van der Waals surface area (Å²) in [6.45, 7) is 9.11. The molecule has 198 valence electrons. The summed E-state index contributed by atoms with van der Waals surface area (Å²) in [7, 11) is -2.22. The van der Waals surface area contributed by atoms with Crippen LogP contribution in [0.25, 0.3) is 0 Å². The highest BCUT2D eigenvalue weighted by Gasteiger charge is 2.32. The number of methoxy groups -OCH3 is 1. The lowest BCUT2D eigenvalue weighted by Crippen LogP contribution is -2.53. The van der Waals surface area contributed by atoms with Crippen LogP contribution in [0.1, 0.15) is 50.3 Å². The number of carbonyl (C=O) groups excluding carboxylic acids is 2. The Morgan fingerprint density at radius 3 is 2.33 bits per heavy atom. The molecule has 36 heavy (non-hydrogen) atoms. The van der Waals surface area contributed by atoms with Gasteiger partial charge in [-0.25, -0.2) is 8.42 Å². The predicted octanol–water partition coefficient (Wildman–Crippen LogP) is 3.80. The second-order valence-corrected chi connectivity index (χ2v) is 11.1. The summed E-state index contributed by atoms with van der Waals surface area (Å²) < 4.78 is 32.1. The highest BCUT2D eigenvalue weighted by Crippen LogP contribution is 2.25. The fourth-order valence-electron chi connectivity index (χ4n) is 3.91. The molecule has 2 unspecified atom stereocenters. The average Bonchev–Trinajstić information content (AvgIpc) is 2.83. The molecule has 0 saturated carbocycles. The molecule has 0 radical (unpaired) electrons. The Kier molecular flexibility index (Phi) is 10.3. The Morgan fingerprint density at radius 1 is 1.06 bits per heavy atom. The number of sulfonamides is 1. The predicted molar refractivity (Wildman–Crippen MR) is 144 cm³/mol. The van der Waals surface area contributed by atoms with Crippen molar-refractivity contribution >= 4 is 27.5 Å². The number of nitrogens with zero attached hydrogens (tertiary/aromatic N) is 2. The minimum absolute atomic E-state index is 0.0530. The summed E-state index contributed by atoms with van der Waals surface area (Å²) >= 11 is 0. The first-order valence-corrected chi connectivity index (χ1v) is 14.0. The van der Waals surface area contributed by atoms with Crippen LogP contribution in [0.2, 0.25) is 0 Å². The van der Waals surface area contributed by atoms with Crippen molar-refractivity contribution in [1.82, 2.24) is 10.2 Å². The van der Waals surface area contributed by atoms with Crippen LogP contribution >= 0.6 is 0 Å². The lowest BCUT2D eigenvalue weighted by atomic mass is 10.1. The Bertz CT molecular complexity index is 1170. The second-order valence-electron chi connectivity index (χ2n) is 9.17. The van der Waals surface area contributed by atoms with Crippen molar-refractivity contribution in [2.45, 2.75) is 66.1 Å². The molecule has 0 spiro atoms. The number of amides is 2. The smallest absolute Gasteiger partial charge is 0.244 e. The zero-order valence-corrected chi connectivity index (χ0v) is 23.2. The van der Waals surface area contributed by atoms with Crippen LogP contribution < -0.4 is 14.4 Å². The van der Waals surface area contributed by atoms with Crippen molar-refractivity contribution < 1.29 is 22.7 Å². The van der Waals surface area contributed by atoms with Crippen LogP contribution in [0.15, 0.2) is 42.5 Å². The number of hydrogen-bond acceptors (Lipinski definition) is 5. The van der Waals surface area contributed by atoms with Crippen molar-refractivity contribution in [3.8, 4) is 5.75 Å². The normalized spacial score (nSPS) is 13.0. The number of benzene rings is 2. The van der Waals surface area contributed by atoms with E-state index in [0.717, 1.165) is 33.7 Å². The topological polar surface area (TPSA) is 96.0 Å². The first-order valence-electron chi connectivity index (χ1n) is 12.2. The lowest BCUT2D eigenvalue weighted by molar-refractivity contribution is -0.140. The van der Waals surface area contributed by atoms with E-state index < -0.39 is 28.5 Å². The first kappa shape index (κ1) is 29.2. The van der Waals surface area contributed by atoms with Gasteiger partial charge in [-0.05, 0) is 68.5 Å².